The van der Waals surface area contributed by atoms with Crippen LogP contribution in [0.25, 0.3) is 0 Å². The molecule has 0 radical (unpaired) electrons. The van der Waals surface area contributed by atoms with Crippen LogP contribution in [0.3, 0.4) is 0 Å². The quantitative estimate of drug-likeness (QED) is 0.671. The third-order valence-corrected chi connectivity index (χ3v) is 4.01. The van der Waals surface area contributed by atoms with Crippen molar-refractivity contribution in [1.82, 2.24) is 4.90 Å². The summed E-state index contributed by atoms with van der Waals surface area (Å²) in [7, 11) is 2.13. The largest absolute Gasteiger partial charge is 0.374 e. The maximum Gasteiger partial charge on any atom is 0.157 e. The van der Waals surface area contributed by atoms with E-state index < -0.39 is 0 Å². The molecule has 1 saturated heterocycles. The number of allylic oxidation sites excluding steroid dienone is 2. The first kappa shape index (κ1) is 9.13. The Hall–Kier alpha value is -0.440. The van der Waals surface area contributed by atoms with Gasteiger partial charge in [-0.25, -0.2) is 0 Å². The monoisotopic (exact) mass is 197 g/mol. The smallest absolute Gasteiger partial charge is 0.157 e. The van der Waals surface area contributed by atoms with Crippen molar-refractivity contribution in [3.8, 4) is 0 Å². The average molecular weight is 197 g/mol. The molecular formula is C10H15NOS. The van der Waals surface area contributed by atoms with E-state index in [9.17, 15) is 4.79 Å². The van der Waals surface area contributed by atoms with Crippen molar-refractivity contribution in [2.45, 2.75) is 25.3 Å². The van der Waals surface area contributed by atoms with Crippen LogP contribution in [0, 0.1) is 0 Å². The van der Waals surface area contributed by atoms with E-state index in [0.29, 0.717) is 11.8 Å². The predicted molar refractivity (Wildman–Crippen MR) is 55.8 cm³/mol. The Bertz CT molecular complexity index is 243. The highest BCUT2D eigenvalue weighted by Gasteiger charge is 2.24. The van der Waals surface area contributed by atoms with E-state index in [0.717, 1.165) is 12.8 Å². The SMILES string of the molecule is CN(C1=CC(=O)CC1)C1CCSC1. The Morgan fingerprint density at radius 3 is 2.92 bits per heavy atom. The number of carbonyl (C=O) groups is 1. The van der Waals surface area contributed by atoms with E-state index in [-0.39, 0.29) is 0 Å². The maximum atomic E-state index is 11.1. The molecule has 1 aliphatic carbocycles. The molecule has 13 heavy (non-hydrogen) atoms. The minimum absolute atomic E-state index is 0.299. The van der Waals surface area contributed by atoms with Gasteiger partial charge in [0.25, 0.3) is 0 Å². The van der Waals surface area contributed by atoms with Gasteiger partial charge in [-0.1, -0.05) is 0 Å². The van der Waals surface area contributed by atoms with Crippen molar-refractivity contribution >= 4 is 17.5 Å². The van der Waals surface area contributed by atoms with Crippen molar-refractivity contribution in [3.05, 3.63) is 11.8 Å². The fourth-order valence-corrected chi connectivity index (χ4v) is 3.19. The van der Waals surface area contributed by atoms with Crippen LogP contribution in [0.4, 0.5) is 0 Å². The molecule has 1 aliphatic heterocycles. The molecule has 3 heteroatoms. The standard InChI is InChI=1S/C10H15NOS/c1-11(9-4-5-13-7-9)8-2-3-10(12)6-8/h6,9H,2-5,7H2,1H3. The Morgan fingerprint density at radius 1 is 1.54 bits per heavy atom. The molecule has 0 bridgehead atoms. The molecule has 1 fully saturated rings. The van der Waals surface area contributed by atoms with Gasteiger partial charge in [0.2, 0.25) is 0 Å². The highest BCUT2D eigenvalue weighted by molar-refractivity contribution is 7.99. The Labute approximate surface area is 83.4 Å². The molecule has 0 aromatic heterocycles. The summed E-state index contributed by atoms with van der Waals surface area (Å²) in [5.41, 5.74) is 1.25. The number of rotatable bonds is 2. The van der Waals surface area contributed by atoms with Gasteiger partial charge >= 0.3 is 0 Å². The Balaban J connectivity index is 1.99. The molecule has 1 atom stereocenters. The molecule has 2 rings (SSSR count). The molecule has 0 spiro atoms. The van der Waals surface area contributed by atoms with Crippen molar-refractivity contribution in [2.75, 3.05) is 18.6 Å². The Kier molecular flexibility index (Phi) is 2.63. The summed E-state index contributed by atoms with van der Waals surface area (Å²) in [6.07, 6.45) is 4.77. The second-order valence-corrected chi connectivity index (χ2v) is 4.88. The van der Waals surface area contributed by atoms with Crippen molar-refractivity contribution in [1.29, 1.82) is 0 Å². The van der Waals surface area contributed by atoms with Crippen molar-refractivity contribution in [3.63, 3.8) is 0 Å². The topological polar surface area (TPSA) is 20.3 Å². The summed E-state index contributed by atoms with van der Waals surface area (Å²) >= 11 is 2.02. The molecular weight excluding hydrogens is 182 g/mol. The second-order valence-electron chi connectivity index (χ2n) is 3.73. The van der Waals surface area contributed by atoms with Crippen molar-refractivity contribution in [2.24, 2.45) is 0 Å². The number of nitrogens with zero attached hydrogens (tertiary/aromatic N) is 1. The molecule has 0 N–H and O–H groups in total. The summed E-state index contributed by atoms with van der Waals surface area (Å²) < 4.78 is 0. The molecule has 1 unspecified atom stereocenters. The van der Waals surface area contributed by atoms with Gasteiger partial charge in [0, 0.05) is 37.0 Å². The first-order chi connectivity index (χ1) is 6.27. The zero-order valence-corrected chi connectivity index (χ0v) is 8.77. The number of hydrogen-bond donors (Lipinski definition) is 0. The fourth-order valence-electron chi connectivity index (χ4n) is 1.92. The van der Waals surface area contributed by atoms with E-state index in [4.69, 9.17) is 0 Å². The lowest BCUT2D eigenvalue weighted by atomic mass is 10.2. The number of thioether (sulfide) groups is 1. The molecule has 0 aromatic rings. The van der Waals surface area contributed by atoms with Gasteiger partial charge < -0.3 is 4.90 Å². The van der Waals surface area contributed by atoms with Crippen LogP contribution in [-0.2, 0) is 4.79 Å². The van der Waals surface area contributed by atoms with Gasteiger partial charge in [-0.05, 0) is 18.6 Å². The molecule has 0 amide bonds. The van der Waals surface area contributed by atoms with E-state index in [1.807, 2.05) is 17.8 Å². The van der Waals surface area contributed by atoms with Crippen LogP contribution >= 0.6 is 11.8 Å². The maximum absolute atomic E-state index is 11.1. The van der Waals surface area contributed by atoms with E-state index >= 15 is 0 Å². The first-order valence-corrected chi connectivity index (χ1v) is 5.97. The van der Waals surface area contributed by atoms with E-state index in [1.54, 1.807) is 0 Å². The van der Waals surface area contributed by atoms with E-state index in [2.05, 4.69) is 11.9 Å². The number of hydrogen-bond acceptors (Lipinski definition) is 3. The zero-order chi connectivity index (χ0) is 9.26. The van der Waals surface area contributed by atoms with Crippen LogP contribution < -0.4 is 0 Å². The van der Waals surface area contributed by atoms with Crippen LogP contribution in [0.15, 0.2) is 11.8 Å². The highest BCUT2D eigenvalue weighted by Crippen LogP contribution is 2.27. The lowest BCUT2D eigenvalue weighted by Gasteiger charge is -2.26. The molecule has 2 aliphatic rings. The third kappa shape index (κ3) is 1.90. The zero-order valence-electron chi connectivity index (χ0n) is 7.95. The minimum atomic E-state index is 0.299. The lowest BCUT2D eigenvalue weighted by Crippen LogP contribution is -2.30. The molecule has 0 aromatic carbocycles. The predicted octanol–water partition coefficient (Wildman–Crippen LogP) is 1.67. The number of carbonyl (C=O) groups excluding carboxylic acids is 1. The fraction of sp³-hybridized carbons (Fsp3) is 0.700. The summed E-state index contributed by atoms with van der Waals surface area (Å²) in [4.78, 5) is 13.4. The molecule has 0 saturated carbocycles. The second kappa shape index (κ2) is 3.74. The van der Waals surface area contributed by atoms with Gasteiger partial charge in [-0.2, -0.15) is 11.8 Å². The van der Waals surface area contributed by atoms with Crippen LogP contribution in [0.2, 0.25) is 0 Å². The average Bonchev–Trinajstić information content (AvgIpc) is 2.72. The van der Waals surface area contributed by atoms with Gasteiger partial charge in [-0.15, -0.1) is 0 Å². The summed E-state index contributed by atoms with van der Waals surface area (Å²) in [6, 6.07) is 0.669. The highest BCUT2D eigenvalue weighted by atomic mass is 32.2. The molecule has 72 valence electrons. The lowest BCUT2D eigenvalue weighted by molar-refractivity contribution is -0.114. The Morgan fingerprint density at radius 2 is 2.38 bits per heavy atom. The summed E-state index contributed by atoms with van der Waals surface area (Å²) in [6.45, 7) is 0. The number of ketones is 1. The first-order valence-electron chi connectivity index (χ1n) is 4.81. The van der Waals surface area contributed by atoms with Crippen LogP contribution in [0.5, 0.6) is 0 Å². The van der Waals surface area contributed by atoms with Crippen LogP contribution in [-0.4, -0.2) is 35.3 Å². The van der Waals surface area contributed by atoms with Gasteiger partial charge in [0.1, 0.15) is 0 Å². The molecule has 2 nitrogen and oxygen atoms in total. The minimum Gasteiger partial charge on any atom is -0.374 e. The van der Waals surface area contributed by atoms with Gasteiger partial charge in [-0.3, -0.25) is 4.79 Å². The van der Waals surface area contributed by atoms with Crippen LogP contribution in [0.1, 0.15) is 19.3 Å². The van der Waals surface area contributed by atoms with Gasteiger partial charge in [0.05, 0.1) is 0 Å². The molecule has 1 heterocycles. The van der Waals surface area contributed by atoms with E-state index in [1.165, 1.54) is 23.6 Å². The van der Waals surface area contributed by atoms with Gasteiger partial charge in [0.15, 0.2) is 5.78 Å². The summed E-state index contributed by atoms with van der Waals surface area (Å²) in [5, 5.41) is 0. The third-order valence-electron chi connectivity index (χ3n) is 2.86. The summed E-state index contributed by atoms with van der Waals surface area (Å²) in [5.74, 6) is 2.80. The van der Waals surface area contributed by atoms with Crippen molar-refractivity contribution < 1.29 is 4.79 Å². The normalized spacial score (nSPS) is 27.9.